The van der Waals surface area contributed by atoms with Crippen LogP contribution < -0.4 is 23.2 Å². The van der Waals surface area contributed by atoms with Crippen LogP contribution in [0.2, 0.25) is 0 Å². The first kappa shape index (κ1) is 24.1. The van der Waals surface area contributed by atoms with Gasteiger partial charge in [0.05, 0.1) is 25.2 Å². The summed E-state index contributed by atoms with van der Waals surface area (Å²) in [5, 5.41) is 0. The lowest BCUT2D eigenvalue weighted by atomic mass is 10.2. The number of rotatable bonds is 10. The van der Waals surface area contributed by atoms with Crippen molar-refractivity contribution in [1.29, 1.82) is 0 Å². The van der Waals surface area contributed by atoms with Crippen LogP contribution in [0, 0.1) is 0 Å². The SMILES string of the molecule is CCOc1ccc(N2CCCCS2(=O)=O)cc1S(=O)(=O)NCCOc1ccc(OC)cc1. The molecule has 1 saturated heterocycles. The van der Waals surface area contributed by atoms with Gasteiger partial charge < -0.3 is 14.2 Å². The summed E-state index contributed by atoms with van der Waals surface area (Å²) < 4.78 is 70.7. The van der Waals surface area contributed by atoms with Crippen molar-refractivity contribution < 1.29 is 31.0 Å². The molecule has 0 atom stereocenters. The zero-order chi connectivity index (χ0) is 23.2. The number of nitrogens with zero attached hydrogens (tertiary/aromatic N) is 1. The highest BCUT2D eigenvalue weighted by Crippen LogP contribution is 2.32. The molecule has 0 spiro atoms. The molecule has 1 aliphatic rings. The van der Waals surface area contributed by atoms with E-state index < -0.39 is 20.0 Å². The van der Waals surface area contributed by atoms with Crippen LogP contribution in [0.15, 0.2) is 47.4 Å². The highest BCUT2D eigenvalue weighted by atomic mass is 32.2. The van der Waals surface area contributed by atoms with E-state index in [9.17, 15) is 16.8 Å². The molecule has 0 saturated carbocycles. The standard InChI is InChI=1S/C21H28N2O7S2/c1-3-29-20-11-6-17(23-13-4-5-15-31(23,24)25)16-21(20)32(26,27)22-12-14-30-19-9-7-18(28-2)8-10-19/h6-11,16,22H,3-5,12-15H2,1-2H3. The molecule has 9 nitrogen and oxygen atoms in total. The van der Waals surface area contributed by atoms with E-state index in [0.717, 1.165) is 6.42 Å². The van der Waals surface area contributed by atoms with Gasteiger partial charge in [0.1, 0.15) is 28.8 Å². The van der Waals surface area contributed by atoms with E-state index in [-0.39, 0.29) is 36.2 Å². The second kappa shape index (κ2) is 10.4. The van der Waals surface area contributed by atoms with Crippen molar-refractivity contribution in [2.45, 2.75) is 24.7 Å². The lowest BCUT2D eigenvalue weighted by Crippen LogP contribution is -2.38. The Labute approximate surface area is 189 Å². The van der Waals surface area contributed by atoms with Gasteiger partial charge in [-0.3, -0.25) is 4.31 Å². The first-order valence-electron chi connectivity index (χ1n) is 10.3. The topological polar surface area (TPSA) is 111 Å². The van der Waals surface area contributed by atoms with Gasteiger partial charge in [0.25, 0.3) is 0 Å². The third-order valence-electron chi connectivity index (χ3n) is 4.88. The van der Waals surface area contributed by atoms with Gasteiger partial charge in [0.15, 0.2) is 0 Å². The minimum Gasteiger partial charge on any atom is -0.497 e. The van der Waals surface area contributed by atoms with Gasteiger partial charge in [-0.15, -0.1) is 0 Å². The Morgan fingerprint density at radius 3 is 2.41 bits per heavy atom. The Morgan fingerprint density at radius 1 is 1.03 bits per heavy atom. The number of ether oxygens (including phenoxy) is 3. The number of sulfonamides is 2. The molecule has 2 aromatic rings. The van der Waals surface area contributed by atoms with Crippen molar-refractivity contribution in [2.75, 3.05) is 43.5 Å². The average molecular weight is 485 g/mol. The normalized spacial score (nSPS) is 15.9. The van der Waals surface area contributed by atoms with Crippen molar-refractivity contribution in [1.82, 2.24) is 4.72 Å². The molecule has 1 heterocycles. The molecule has 32 heavy (non-hydrogen) atoms. The number of anilines is 1. The molecule has 0 aliphatic carbocycles. The van der Waals surface area contributed by atoms with Gasteiger partial charge in [-0.2, -0.15) is 0 Å². The van der Waals surface area contributed by atoms with Gasteiger partial charge in [-0.25, -0.2) is 21.6 Å². The summed E-state index contributed by atoms with van der Waals surface area (Å²) >= 11 is 0. The molecule has 0 unspecified atom stereocenters. The Hall–Kier alpha value is -2.50. The molecule has 1 N–H and O–H groups in total. The van der Waals surface area contributed by atoms with Crippen molar-refractivity contribution >= 4 is 25.7 Å². The van der Waals surface area contributed by atoms with E-state index in [1.165, 1.54) is 16.4 Å². The molecule has 176 valence electrons. The number of methoxy groups -OCH3 is 1. The summed E-state index contributed by atoms with van der Waals surface area (Å²) in [7, 11) is -5.88. The van der Waals surface area contributed by atoms with Crippen LogP contribution in [0.5, 0.6) is 17.2 Å². The number of nitrogens with one attached hydrogen (secondary N) is 1. The molecule has 1 fully saturated rings. The number of hydrogen-bond donors (Lipinski definition) is 1. The summed E-state index contributed by atoms with van der Waals surface area (Å²) in [5.41, 5.74) is 0.308. The molecular weight excluding hydrogens is 456 g/mol. The number of hydrogen-bond acceptors (Lipinski definition) is 7. The van der Waals surface area contributed by atoms with E-state index in [2.05, 4.69) is 4.72 Å². The van der Waals surface area contributed by atoms with E-state index in [1.54, 1.807) is 44.4 Å². The Balaban J connectivity index is 1.74. The van der Waals surface area contributed by atoms with Gasteiger partial charge in [-0.05, 0) is 62.2 Å². The molecule has 0 aromatic heterocycles. The van der Waals surface area contributed by atoms with E-state index in [4.69, 9.17) is 14.2 Å². The van der Waals surface area contributed by atoms with Crippen LogP contribution in [0.1, 0.15) is 19.8 Å². The first-order chi connectivity index (χ1) is 15.3. The predicted octanol–water partition coefficient (Wildman–Crippen LogP) is 2.38. The molecular formula is C21H28N2O7S2. The fraction of sp³-hybridized carbons (Fsp3) is 0.429. The molecule has 0 bridgehead atoms. The van der Waals surface area contributed by atoms with Crippen LogP contribution in [-0.4, -0.2) is 56.0 Å². The van der Waals surface area contributed by atoms with Crippen molar-refractivity contribution in [2.24, 2.45) is 0 Å². The smallest absolute Gasteiger partial charge is 0.244 e. The first-order valence-corrected chi connectivity index (χ1v) is 13.4. The molecule has 0 amide bonds. The highest BCUT2D eigenvalue weighted by Gasteiger charge is 2.28. The number of benzene rings is 2. The molecule has 2 aromatic carbocycles. The largest absolute Gasteiger partial charge is 0.497 e. The maximum atomic E-state index is 13.0. The minimum atomic E-state index is -3.97. The zero-order valence-electron chi connectivity index (χ0n) is 18.1. The predicted molar refractivity (Wildman–Crippen MR) is 122 cm³/mol. The maximum Gasteiger partial charge on any atom is 0.244 e. The van der Waals surface area contributed by atoms with Crippen molar-refractivity contribution in [3.05, 3.63) is 42.5 Å². The van der Waals surface area contributed by atoms with Crippen LogP contribution in [-0.2, 0) is 20.0 Å². The summed E-state index contributed by atoms with van der Waals surface area (Å²) in [5.74, 6) is 1.48. The van der Waals surface area contributed by atoms with Crippen molar-refractivity contribution in [3.63, 3.8) is 0 Å². The third kappa shape index (κ3) is 5.84. The van der Waals surface area contributed by atoms with Gasteiger partial charge >= 0.3 is 0 Å². The maximum absolute atomic E-state index is 13.0. The molecule has 3 rings (SSSR count). The van der Waals surface area contributed by atoms with Crippen LogP contribution in [0.3, 0.4) is 0 Å². The average Bonchev–Trinajstić information content (AvgIpc) is 2.77. The second-order valence-corrected chi connectivity index (χ2v) is 10.8. The Kier molecular flexibility index (Phi) is 7.86. The quantitative estimate of drug-likeness (QED) is 0.516. The van der Waals surface area contributed by atoms with Gasteiger partial charge in [0, 0.05) is 13.1 Å². The van der Waals surface area contributed by atoms with E-state index in [1.807, 2.05) is 0 Å². The lowest BCUT2D eigenvalue weighted by molar-refractivity contribution is 0.320. The summed E-state index contributed by atoms with van der Waals surface area (Å²) in [6, 6.07) is 11.3. The van der Waals surface area contributed by atoms with Gasteiger partial charge in [-0.1, -0.05) is 0 Å². The van der Waals surface area contributed by atoms with Crippen LogP contribution in [0.4, 0.5) is 5.69 Å². The van der Waals surface area contributed by atoms with E-state index >= 15 is 0 Å². The fourth-order valence-corrected chi connectivity index (χ4v) is 6.12. The summed E-state index contributed by atoms with van der Waals surface area (Å²) in [6.45, 7) is 2.46. The molecule has 0 radical (unpaired) electrons. The highest BCUT2D eigenvalue weighted by molar-refractivity contribution is 7.92. The Morgan fingerprint density at radius 2 is 1.75 bits per heavy atom. The molecule has 1 aliphatic heterocycles. The Bertz CT molecular complexity index is 1120. The van der Waals surface area contributed by atoms with Crippen molar-refractivity contribution in [3.8, 4) is 17.2 Å². The third-order valence-corrected chi connectivity index (χ3v) is 8.23. The summed E-state index contributed by atoms with van der Waals surface area (Å²) in [6.07, 6.45) is 1.31. The monoisotopic (exact) mass is 484 g/mol. The molecule has 11 heteroatoms. The summed E-state index contributed by atoms with van der Waals surface area (Å²) in [4.78, 5) is -0.109. The lowest BCUT2D eigenvalue weighted by Gasteiger charge is -2.28. The van der Waals surface area contributed by atoms with Gasteiger partial charge in [0.2, 0.25) is 20.0 Å². The minimum absolute atomic E-state index is 0.0200. The second-order valence-electron chi connectivity index (χ2n) is 7.08. The zero-order valence-corrected chi connectivity index (χ0v) is 19.7. The fourth-order valence-electron chi connectivity index (χ4n) is 3.31. The van der Waals surface area contributed by atoms with Crippen LogP contribution in [0.25, 0.3) is 0 Å². The van der Waals surface area contributed by atoms with Crippen LogP contribution >= 0.6 is 0 Å². The van der Waals surface area contributed by atoms with E-state index in [0.29, 0.717) is 30.2 Å².